The average Bonchev–Trinajstić information content (AvgIpc) is 2.86. The number of nitrogens with zero attached hydrogens (tertiary/aromatic N) is 3. The molecule has 100 valence electrons. The van der Waals surface area contributed by atoms with Crippen LogP contribution >= 0.6 is 15.9 Å². The predicted molar refractivity (Wildman–Crippen MR) is 71.0 cm³/mol. The molecule has 19 heavy (non-hydrogen) atoms. The molecule has 0 radical (unpaired) electrons. The van der Waals surface area contributed by atoms with E-state index in [-0.39, 0.29) is 5.82 Å². The molecule has 0 spiro atoms. The lowest BCUT2D eigenvalue weighted by Crippen LogP contribution is -2.05. The minimum absolute atomic E-state index is 0.00164. The van der Waals surface area contributed by atoms with Gasteiger partial charge in [-0.1, -0.05) is 22.0 Å². The number of rotatable bonds is 3. The van der Waals surface area contributed by atoms with Crippen LogP contribution in [0.15, 0.2) is 29.0 Å². The second-order valence-corrected chi connectivity index (χ2v) is 4.74. The summed E-state index contributed by atoms with van der Waals surface area (Å²) in [7, 11) is 1.27. The lowest BCUT2D eigenvalue weighted by atomic mass is 10.1. The number of hydrogen-bond donors (Lipinski definition) is 1. The van der Waals surface area contributed by atoms with Crippen LogP contribution in [0.3, 0.4) is 0 Å². The van der Waals surface area contributed by atoms with Crippen molar-refractivity contribution in [1.29, 1.82) is 0 Å². The van der Waals surface area contributed by atoms with Crippen molar-refractivity contribution in [3.8, 4) is 5.69 Å². The number of benzene rings is 1. The quantitative estimate of drug-likeness (QED) is 0.872. The Morgan fingerprint density at radius 2 is 2.26 bits per heavy atom. The molecule has 0 aliphatic rings. The van der Waals surface area contributed by atoms with Gasteiger partial charge in [-0.25, -0.2) is 14.5 Å². The van der Waals surface area contributed by atoms with Crippen LogP contribution in [-0.4, -0.2) is 33.0 Å². The minimum Gasteiger partial charge on any atom is -0.463 e. The number of aliphatic hydroxyl groups excluding tert-OH is 1. The number of carbonyl (C=O) groups excluding carboxylic acids is 1. The third kappa shape index (κ3) is 2.82. The van der Waals surface area contributed by atoms with E-state index in [1.54, 1.807) is 25.1 Å². The first-order chi connectivity index (χ1) is 9.02. The Morgan fingerprint density at radius 3 is 2.84 bits per heavy atom. The normalized spacial score (nSPS) is 12.2. The zero-order valence-electron chi connectivity index (χ0n) is 10.4. The summed E-state index contributed by atoms with van der Waals surface area (Å²) >= 11 is 3.38. The van der Waals surface area contributed by atoms with Crippen molar-refractivity contribution in [1.82, 2.24) is 14.8 Å². The van der Waals surface area contributed by atoms with E-state index in [1.165, 1.54) is 18.1 Å². The molecule has 0 bridgehead atoms. The number of carbonyl (C=O) groups is 1. The lowest BCUT2D eigenvalue weighted by molar-refractivity contribution is 0.0587. The Bertz CT molecular complexity index is 610. The number of hydrogen-bond acceptors (Lipinski definition) is 5. The topological polar surface area (TPSA) is 77.2 Å². The van der Waals surface area contributed by atoms with E-state index >= 15 is 0 Å². The lowest BCUT2D eigenvalue weighted by Gasteiger charge is -2.09. The van der Waals surface area contributed by atoms with Gasteiger partial charge in [-0.2, -0.15) is 0 Å². The fraction of sp³-hybridized carbons (Fsp3) is 0.250. The van der Waals surface area contributed by atoms with Gasteiger partial charge in [0, 0.05) is 4.47 Å². The van der Waals surface area contributed by atoms with Crippen LogP contribution in [-0.2, 0) is 4.74 Å². The molecule has 1 unspecified atom stereocenters. The fourth-order valence-corrected chi connectivity index (χ4v) is 2.27. The van der Waals surface area contributed by atoms with Crippen LogP contribution in [0, 0.1) is 0 Å². The van der Waals surface area contributed by atoms with Gasteiger partial charge in [0.05, 0.1) is 18.9 Å². The van der Waals surface area contributed by atoms with Crippen LogP contribution in [0.5, 0.6) is 0 Å². The summed E-state index contributed by atoms with van der Waals surface area (Å²) in [5, 5.41) is 13.6. The molecule has 1 aromatic carbocycles. The van der Waals surface area contributed by atoms with Gasteiger partial charge >= 0.3 is 5.97 Å². The standard InChI is InChI=1S/C12H12BrN3O3/c1-7(17)9-4-3-8(5-10(9)13)16-6-14-11(15-16)12(18)19-2/h3-7,17H,1-2H3. The number of halogens is 1. The molecule has 0 aliphatic carbocycles. The van der Waals surface area contributed by atoms with Gasteiger partial charge < -0.3 is 9.84 Å². The van der Waals surface area contributed by atoms with E-state index in [0.29, 0.717) is 0 Å². The van der Waals surface area contributed by atoms with Gasteiger partial charge in [-0.3, -0.25) is 0 Å². The van der Waals surface area contributed by atoms with Crippen LogP contribution in [0.2, 0.25) is 0 Å². The molecule has 7 heteroatoms. The Balaban J connectivity index is 2.35. The van der Waals surface area contributed by atoms with Crippen molar-refractivity contribution in [2.75, 3.05) is 7.11 Å². The summed E-state index contributed by atoms with van der Waals surface area (Å²) < 4.78 is 6.76. The molecule has 2 rings (SSSR count). The first-order valence-electron chi connectivity index (χ1n) is 5.50. The van der Waals surface area contributed by atoms with Gasteiger partial charge in [0.25, 0.3) is 5.82 Å². The molecule has 2 aromatic rings. The van der Waals surface area contributed by atoms with E-state index in [9.17, 15) is 9.90 Å². The summed E-state index contributed by atoms with van der Waals surface area (Å²) in [4.78, 5) is 15.1. The van der Waals surface area contributed by atoms with Crippen LogP contribution in [0.1, 0.15) is 29.2 Å². The molecule has 0 saturated heterocycles. The number of esters is 1. The van der Waals surface area contributed by atoms with Crippen molar-refractivity contribution in [2.45, 2.75) is 13.0 Å². The second-order valence-electron chi connectivity index (χ2n) is 3.89. The molecule has 6 nitrogen and oxygen atoms in total. The zero-order chi connectivity index (χ0) is 14.0. The molecule has 0 saturated carbocycles. The largest absolute Gasteiger partial charge is 0.463 e. The van der Waals surface area contributed by atoms with Crippen molar-refractivity contribution in [2.24, 2.45) is 0 Å². The number of aromatic nitrogens is 3. The number of methoxy groups -OCH3 is 1. The second kappa shape index (κ2) is 5.50. The van der Waals surface area contributed by atoms with E-state index in [4.69, 9.17) is 0 Å². The highest BCUT2D eigenvalue weighted by Gasteiger charge is 2.13. The Morgan fingerprint density at radius 1 is 1.53 bits per heavy atom. The molecular weight excluding hydrogens is 314 g/mol. The molecule has 0 amide bonds. The number of ether oxygens (including phenoxy) is 1. The Labute approximate surface area is 118 Å². The summed E-state index contributed by atoms with van der Waals surface area (Å²) in [6.07, 6.45) is 0.862. The molecule has 0 fully saturated rings. The third-order valence-electron chi connectivity index (χ3n) is 2.56. The Kier molecular flexibility index (Phi) is 3.96. The van der Waals surface area contributed by atoms with Gasteiger partial charge in [0.1, 0.15) is 6.33 Å². The monoisotopic (exact) mass is 325 g/mol. The van der Waals surface area contributed by atoms with Crippen molar-refractivity contribution in [3.05, 3.63) is 40.4 Å². The average molecular weight is 326 g/mol. The van der Waals surface area contributed by atoms with E-state index < -0.39 is 12.1 Å². The van der Waals surface area contributed by atoms with Gasteiger partial charge in [-0.15, -0.1) is 5.10 Å². The van der Waals surface area contributed by atoms with Crippen LogP contribution < -0.4 is 0 Å². The van der Waals surface area contributed by atoms with E-state index in [0.717, 1.165) is 15.7 Å². The van der Waals surface area contributed by atoms with Gasteiger partial charge in [-0.05, 0) is 24.6 Å². The van der Waals surface area contributed by atoms with E-state index in [1.807, 2.05) is 0 Å². The van der Waals surface area contributed by atoms with Crippen molar-refractivity contribution < 1.29 is 14.6 Å². The third-order valence-corrected chi connectivity index (χ3v) is 3.25. The van der Waals surface area contributed by atoms with Gasteiger partial charge in [0.2, 0.25) is 0 Å². The maximum Gasteiger partial charge on any atom is 0.377 e. The molecule has 1 heterocycles. The first-order valence-corrected chi connectivity index (χ1v) is 6.30. The summed E-state index contributed by atoms with van der Waals surface area (Å²) in [5.74, 6) is -0.586. The van der Waals surface area contributed by atoms with Crippen LogP contribution in [0.4, 0.5) is 0 Å². The van der Waals surface area contributed by atoms with Crippen molar-refractivity contribution in [3.63, 3.8) is 0 Å². The number of aliphatic hydroxyl groups is 1. The summed E-state index contributed by atoms with van der Waals surface area (Å²) in [5.41, 5.74) is 1.50. The summed E-state index contributed by atoms with van der Waals surface area (Å²) in [6.45, 7) is 1.69. The first kappa shape index (κ1) is 13.7. The maximum absolute atomic E-state index is 11.3. The SMILES string of the molecule is COC(=O)c1ncn(-c2ccc(C(C)O)c(Br)c2)n1. The molecule has 1 atom stereocenters. The fourth-order valence-electron chi connectivity index (χ4n) is 1.57. The van der Waals surface area contributed by atoms with Gasteiger partial charge in [0.15, 0.2) is 0 Å². The highest BCUT2D eigenvalue weighted by atomic mass is 79.9. The maximum atomic E-state index is 11.3. The smallest absolute Gasteiger partial charge is 0.377 e. The Hall–Kier alpha value is -1.73. The highest BCUT2D eigenvalue weighted by Crippen LogP contribution is 2.25. The molecule has 0 aliphatic heterocycles. The molecule has 1 N–H and O–H groups in total. The van der Waals surface area contributed by atoms with Crippen LogP contribution in [0.25, 0.3) is 5.69 Å². The minimum atomic E-state index is -0.585. The van der Waals surface area contributed by atoms with E-state index in [2.05, 4.69) is 30.7 Å². The predicted octanol–water partition coefficient (Wildman–Crippen LogP) is 1.87. The molecular formula is C12H12BrN3O3. The summed E-state index contributed by atoms with van der Waals surface area (Å²) in [6, 6.07) is 5.35. The van der Waals surface area contributed by atoms with Crippen molar-refractivity contribution >= 4 is 21.9 Å². The molecule has 1 aromatic heterocycles. The zero-order valence-corrected chi connectivity index (χ0v) is 12.0. The highest BCUT2D eigenvalue weighted by molar-refractivity contribution is 9.10.